The maximum Gasteiger partial charge on any atom is 0.416 e. The van der Waals surface area contributed by atoms with E-state index in [1.807, 2.05) is 0 Å². The Hall–Kier alpha value is -0.496. The van der Waals surface area contributed by atoms with E-state index >= 15 is 0 Å². The smallest absolute Gasteiger partial charge is 0.416 e. The molecule has 2 atom stereocenters. The summed E-state index contributed by atoms with van der Waals surface area (Å²) >= 11 is 0. The normalized spacial score (nSPS) is 20.2. The molecular weight excluding hydrogens is 533 g/mol. The van der Waals surface area contributed by atoms with Gasteiger partial charge >= 0.3 is 21.6 Å². The van der Waals surface area contributed by atoms with Crippen LogP contribution in [0.1, 0.15) is 40.5 Å². The van der Waals surface area contributed by atoms with E-state index in [1.165, 1.54) is 0 Å². The second-order valence-electron chi connectivity index (χ2n) is 6.51. The van der Waals surface area contributed by atoms with Crippen molar-refractivity contribution in [2.45, 2.75) is 78.1 Å². The van der Waals surface area contributed by atoms with Gasteiger partial charge in [0, 0.05) is 22.4 Å². The molecule has 1 fully saturated rings. The molecule has 0 aromatic heterocycles. The summed E-state index contributed by atoms with van der Waals surface area (Å²) in [7, 11) is -3.25. The molecule has 0 aliphatic carbocycles. The molecule has 4 nitrogen and oxygen atoms in total. The van der Waals surface area contributed by atoms with E-state index in [2.05, 4.69) is 18.0 Å². The minimum Gasteiger partial charge on any atom is -0.438 e. The Morgan fingerprint density at radius 3 is 1.85 bits per heavy atom. The van der Waals surface area contributed by atoms with Crippen molar-refractivity contribution in [1.82, 2.24) is 0 Å². The van der Waals surface area contributed by atoms with E-state index in [9.17, 15) is 39.6 Å². The molecule has 0 N–H and O–H groups in total. The van der Waals surface area contributed by atoms with Gasteiger partial charge in [-0.2, -0.15) is 31.3 Å². The van der Waals surface area contributed by atoms with Crippen LogP contribution >= 0.6 is 0 Å². The van der Waals surface area contributed by atoms with Crippen LogP contribution in [0.15, 0.2) is 0 Å². The van der Waals surface area contributed by atoms with Crippen molar-refractivity contribution in [3.63, 3.8) is 0 Å². The monoisotopic (exact) mass is 570 g/mol. The summed E-state index contributed by atoms with van der Waals surface area (Å²) in [5.41, 5.74) is 0. The molecule has 0 radical (unpaired) electrons. The van der Waals surface area contributed by atoms with Crippen molar-refractivity contribution >= 4 is 17.6 Å². The molecule has 34 heavy (non-hydrogen) atoms. The Bertz CT molecular complexity index is 407. The highest BCUT2D eigenvalue weighted by atomic mass is 28.4. The molecule has 0 aromatic carbocycles. The number of hydrogen-bond acceptors (Lipinski definition) is 4. The summed E-state index contributed by atoms with van der Waals surface area (Å²) in [6, 6.07) is 2.07. The lowest BCUT2D eigenvalue weighted by Crippen LogP contribution is -2.42. The van der Waals surface area contributed by atoms with Gasteiger partial charge in [-0.1, -0.05) is 21.3 Å². The van der Waals surface area contributed by atoms with Crippen LogP contribution in [0.2, 0.25) is 25.2 Å². The summed E-state index contributed by atoms with van der Waals surface area (Å²) < 4.78 is 130. The molecule has 0 amide bonds. The van der Waals surface area contributed by atoms with Gasteiger partial charge in [-0.25, -0.2) is 8.78 Å². The molecule has 1 rings (SSSR count). The average molecular weight is 571 g/mol. The predicted molar refractivity (Wildman–Crippen MR) is 113 cm³/mol. The molecule has 0 aromatic rings. The second kappa shape index (κ2) is 25.6. The zero-order valence-corrected chi connectivity index (χ0v) is 19.8. The van der Waals surface area contributed by atoms with Crippen molar-refractivity contribution in [2.75, 3.05) is 33.4 Å². The lowest BCUT2D eigenvalue weighted by atomic mass is 10.4. The van der Waals surface area contributed by atoms with Crippen LogP contribution in [0, 0.1) is 0 Å². The van der Waals surface area contributed by atoms with Crippen LogP contribution in [-0.2, 0) is 18.2 Å². The number of ether oxygens (including phenoxy) is 1. The van der Waals surface area contributed by atoms with Gasteiger partial charge in [0.2, 0.25) is 6.86 Å². The number of alkyl halides is 8. The van der Waals surface area contributed by atoms with E-state index in [0.29, 0.717) is 6.61 Å². The Balaban J connectivity index is -0.000000168. The number of halogens is 11. The van der Waals surface area contributed by atoms with Crippen molar-refractivity contribution in [3.8, 4) is 0 Å². The summed E-state index contributed by atoms with van der Waals surface area (Å²) in [6.07, 6.45) is -6.62. The molecular formula is C17H37F11O4Si2. The Labute approximate surface area is 196 Å². The van der Waals surface area contributed by atoms with E-state index in [0.717, 1.165) is 38.0 Å². The Kier molecular flexibility index (Phi) is 32.8. The highest BCUT2D eigenvalue weighted by Crippen LogP contribution is 2.25. The minimum atomic E-state index is -4.62. The second-order valence-corrected chi connectivity index (χ2v) is 12.8. The minimum absolute atomic E-state index is 0. The molecule has 0 bridgehead atoms. The van der Waals surface area contributed by atoms with Gasteiger partial charge in [-0.05, 0) is 42.5 Å². The standard InChI is InChI=1S/C12H25F3O3Si2.C2H2F4.CH2F2O.2CH4.F2/c1-19-17-8-3-4-10-20(2,18-19)11-5-7-16-9-6-12(13,14)15;3-1-2(4,5)6;2-1-4-3;;;1-2/h19H,3-11H2,1-2H3;1H2;1H2;2*1H4;. The van der Waals surface area contributed by atoms with Gasteiger partial charge in [0.25, 0.3) is 0 Å². The van der Waals surface area contributed by atoms with Gasteiger partial charge in [0.05, 0.1) is 13.0 Å². The zero-order valence-electron chi connectivity index (χ0n) is 17.6. The van der Waals surface area contributed by atoms with Crippen molar-refractivity contribution in [3.05, 3.63) is 0 Å². The van der Waals surface area contributed by atoms with E-state index in [1.54, 1.807) is 0 Å². The topological polar surface area (TPSA) is 36.9 Å². The van der Waals surface area contributed by atoms with E-state index in [4.69, 9.17) is 22.4 Å². The highest BCUT2D eigenvalue weighted by molar-refractivity contribution is 6.78. The van der Waals surface area contributed by atoms with Crippen LogP contribution in [0.4, 0.5) is 48.8 Å². The first-order chi connectivity index (χ1) is 14.8. The van der Waals surface area contributed by atoms with E-state index in [-0.39, 0.29) is 21.5 Å². The fourth-order valence-electron chi connectivity index (χ4n) is 2.37. The fraction of sp³-hybridized carbons (Fsp3) is 1.00. The highest BCUT2D eigenvalue weighted by Gasteiger charge is 2.32. The van der Waals surface area contributed by atoms with Gasteiger partial charge in [-0.3, -0.25) is 0 Å². The molecule has 1 saturated heterocycles. The first-order valence-corrected chi connectivity index (χ1v) is 14.2. The first kappa shape index (κ1) is 43.6. The van der Waals surface area contributed by atoms with Crippen LogP contribution < -0.4 is 0 Å². The average Bonchev–Trinajstić information content (AvgIpc) is 2.70. The van der Waals surface area contributed by atoms with Crippen LogP contribution in [-0.4, -0.2) is 63.3 Å². The summed E-state index contributed by atoms with van der Waals surface area (Å²) in [4.78, 5) is 2.38. The molecule has 1 aliphatic heterocycles. The third-order valence-electron chi connectivity index (χ3n) is 3.62. The predicted octanol–water partition coefficient (Wildman–Crippen LogP) is 8.04. The molecule has 214 valence electrons. The Morgan fingerprint density at radius 1 is 0.941 bits per heavy atom. The lowest BCUT2D eigenvalue weighted by molar-refractivity contribution is -0.167. The lowest BCUT2D eigenvalue weighted by Gasteiger charge is -2.33. The van der Waals surface area contributed by atoms with E-state index < -0.39 is 49.9 Å². The fourth-order valence-corrected chi connectivity index (χ4v) is 9.43. The van der Waals surface area contributed by atoms with Crippen molar-refractivity contribution in [1.29, 1.82) is 0 Å². The van der Waals surface area contributed by atoms with Gasteiger partial charge in [0.1, 0.15) is 0 Å². The molecule has 1 aliphatic rings. The largest absolute Gasteiger partial charge is 0.438 e. The SMILES string of the molecule is C.C.C[SiH]1OCCCC[Si](C)(CCCOCCC(F)(F)F)O1.FCC(F)(F)F.FCOF.FF. The quantitative estimate of drug-likeness (QED) is 0.176. The number of rotatable bonds is 7. The zero-order chi connectivity index (χ0) is 25.7. The summed E-state index contributed by atoms with van der Waals surface area (Å²) in [5, 5.41) is 0. The Morgan fingerprint density at radius 2 is 1.44 bits per heavy atom. The number of hydrogen-bond donors (Lipinski definition) is 0. The maximum absolute atomic E-state index is 11.9. The van der Waals surface area contributed by atoms with Crippen molar-refractivity contribution < 1.29 is 67.0 Å². The van der Waals surface area contributed by atoms with Crippen LogP contribution in [0.3, 0.4) is 0 Å². The molecule has 2 unspecified atom stereocenters. The van der Waals surface area contributed by atoms with Crippen LogP contribution in [0.5, 0.6) is 0 Å². The van der Waals surface area contributed by atoms with Gasteiger partial charge in [0.15, 0.2) is 15.0 Å². The summed E-state index contributed by atoms with van der Waals surface area (Å²) in [6.45, 7) is 1.64. The third-order valence-corrected chi connectivity index (χ3v) is 10.8. The molecule has 0 spiro atoms. The molecule has 1 heterocycles. The summed E-state index contributed by atoms with van der Waals surface area (Å²) in [5.74, 6) is 0. The third kappa shape index (κ3) is 36.1. The van der Waals surface area contributed by atoms with Crippen LogP contribution in [0.25, 0.3) is 0 Å². The molecule has 17 heteroatoms. The maximum atomic E-state index is 11.9. The van der Waals surface area contributed by atoms with Gasteiger partial charge in [-0.15, -0.1) is 0 Å². The molecule has 0 saturated carbocycles. The first-order valence-electron chi connectivity index (χ1n) is 9.29. The van der Waals surface area contributed by atoms with Crippen molar-refractivity contribution in [2.24, 2.45) is 0 Å². The van der Waals surface area contributed by atoms with Gasteiger partial charge < -0.3 is 13.3 Å².